The molecule has 0 bridgehead atoms. The van der Waals surface area contributed by atoms with Gasteiger partial charge in [-0.05, 0) is 34.0 Å². The first kappa shape index (κ1) is 12.8. The van der Waals surface area contributed by atoms with Gasteiger partial charge in [-0.2, -0.15) is 5.10 Å². The lowest BCUT2D eigenvalue weighted by Crippen LogP contribution is -1.99. The van der Waals surface area contributed by atoms with Crippen molar-refractivity contribution in [3.63, 3.8) is 0 Å². The van der Waals surface area contributed by atoms with Crippen LogP contribution in [0.25, 0.3) is 11.3 Å². The minimum atomic E-state index is 0.447. The second kappa shape index (κ2) is 4.94. The van der Waals surface area contributed by atoms with Gasteiger partial charge in [0, 0.05) is 17.1 Å². The van der Waals surface area contributed by atoms with E-state index in [2.05, 4.69) is 62.9 Å². The molecular weight excluding hydrogens is 344 g/mol. The average molecular weight is 358 g/mol. The topological polar surface area (TPSA) is 17.8 Å². The van der Waals surface area contributed by atoms with Crippen LogP contribution in [0.4, 0.5) is 0 Å². The standard InChI is InChI=1S/C13H14Br2N2/c1-8(2)13-11(15)12(16-17(13)3)9-5-4-6-10(14)7-9/h4-8H,1-3H3. The fourth-order valence-corrected chi connectivity index (χ4v) is 3.38. The van der Waals surface area contributed by atoms with Crippen molar-refractivity contribution in [3.05, 3.63) is 38.9 Å². The highest BCUT2D eigenvalue weighted by Gasteiger charge is 2.17. The Hall–Kier alpha value is -0.610. The molecule has 0 aliphatic heterocycles. The van der Waals surface area contributed by atoms with Gasteiger partial charge in [-0.25, -0.2) is 0 Å². The Labute approximate surface area is 118 Å². The lowest BCUT2D eigenvalue weighted by molar-refractivity contribution is 0.668. The number of halogens is 2. The van der Waals surface area contributed by atoms with E-state index in [1.807, 2.05) is 23.9 Å². The molecule has 0 unspecified atom stereocenters. The van der Waals surface area contributed by atoms with Crippen LogP contribution >= 0.6 is 31.9 Å². The van der Waals surface area contributed by atoms with Crippen molar-refractivity contribution in [1.29, 1.82) is 0 Å². The Morgan fingerprint density at radius 1 is 1.24 bits per heavy atom. The number of aryl methyl sites for hydroxylation is 1. The maximum Gasteiger partial charge on any atom is 0.107 e. The third kappa shape index (κ3) is 2.47. The predicted octanol–water partition coefficient (Wildman–Crippen LogP) is 4.74. The molecule has 0 aliphatic rings. The van der Waals surface area contributed by atoms with Crippen molar-refractivity contribution >= 4 is 31.9 Å². The number of rotatable bonds is 2. The van der Waals surface area contributed by atoms with Gasteiger partial charge in [0.05, 0.1) is 10.2 Å². The molecule has 0 amide bonds. The maximum absolute atomic E-state index is 4.59. The Morgan fingerprint density at radius 2 is 1.94 bits per heavy atom. The van der Waals surface area contributed by atoms with Gasteiger partial charge in [0.1, 0.15) is 5.69 Å². The highest BCUT2D eigenvalue weighted by atomic mass is 79.9. The summed E-state index contributed by atoms with van der Waals surface area (Å²) < 4.78 is 4.11. The van der Waals surface area contributed by atoms with E-state index in [0.29, 0.717) is 5.92 Å². The van der Waals surface area contributed by atoms with Crippen molar-refractivity contribution in [3.8, 4) is 11.3 Å². The molecule has 17 heavy (non-hydrogen) atoms. The van der Waals surface area contributed by atoms with Gasteiger partial charge < -0.3 is 0 Å². The highest BCUT2D eigenvalue weighted by molar-refractivity contribution is 9.11. The van der Waals surface area contributed by atoms with Crippen molar-refractivity contribution in [2.24, 2.45) is 7.05 Å². The molecule has 2 rings (SSSR count). The SMILES string of the molecule is CC(C)c1c(Br)c(-c2cccc(Br)c2)nn1C. The van der Waals surface area contributed by atoms with E-state index < -0.39 is 0 Å². The van der Waals surface area contributed by atoms with Gasteiger partial charge in [0.2, 0.25) is 0 Å². The van der Waals surface area contributed by atoms with Crippen LogP contribution in [0.2, 0.25) is 0 Å². The number of benzene rings is 1. The summed E-state index contributed by atoms with van der Waals surface area (Å²) in [4.78, 5) is 0. The molecule has 0 N–H and O–H groups in total. The van der Waals surface area contributed by atoms with E-state index in [0.717, 1.165) is 20.2 Å². The predicted molar refractivity (Wildman–Crippen MR) is 78.1 cm³/mol. The summed E-state index contributed by atoms with van der Waals surface area (Å²) in [6, 6.07) is 8.19. The fourth-order valence-electron chi connectivity index (χ4n) is 1.96. The zero-order valence-electron chi connectivity index (χ0n) is 10.0. The molecular formula is C13H14Br2N2. The van der Waals surface area contributed by atoms with Gasteiger partial charge in [0.25, 0.3) is 0 Å². The normalized spacial score (nSPS) is 11.2. The zero-order valence-corrected chi connectivity index (χ0v) is 13.2. The van der Waals surface area contributed by atoms with Crippen LogP contribution in [0.1, 0.15) is 25.5 Å². The molecule has 1 aromatic heterocycles. The summed E-state index contributed by atoms with van der Waals surface area (Å²) in [7, 11) is 1.99. The lowest BCUT2D eigenvalue weighted by atomic mass is 10.1. The molecule has 0 aliphatic carbocycles. The van der Waals surface area contributed by atoms with E-state index in [9.17, 15) is 0 Å². The van der Waals surface area contributed by atoms with Crippen molar-refractivity contribution in [2.75, 3.05) is 0 Å². The lowest BCUT2D eigenvalue weighted by Gasteiger charge is -2.05. The Bertz CT molecular complexity index is 544. The first-order valence-corrected chi connectivity index (χ1v) is 7.07. The average Bonchev–Trinajstić information content (AvgIpc) is 2.54. The molecule has 2 nitrogen and oxygen atoms in total. The van der Waals surface area contributed by atoms with E-state index in [-0.39, 0.29) is 0 Å². The van der Waals surface area contributed by atoms with Crippen LogP contribution in [-0.4, -0.2) is 9.78 Å². The monoisotopic (exact) mass is 356 g/mol. The van der Waals surface area contributed by atoms with Gasteiger partial charge >= 0.3 is 0 Å². The minimum Gasteiger partial charge on any atom is -0.271 e. The second-order valence-corrected chi connectivity index (χ2v) is 6.05. The molecule has 0 saturated carbocycles. The zero-order chi connectivity index (χ0) is 12.6. The minimum absolute atomic E-state index is 0.447. The largest absolute Gasteiger partial charge is 0.271 e. The summed E-state index contributed by atoms with van der Waals surface area (Å²) in [5.41, 5.74) is 3.34. The summed E-state index contributed by atoms with van der Waals surface area (Å²) in [5, 5.41) is 4.59. The summed E-state index contributed by atoms with van der Waals surface area (Å²) in [5.74, 6) is 0.447. The van der Waals surface area contributed by atoms with Crippen LogP contribution in [0.15, 0.2) is 33.2 Å². The molecule has 0 saturated heterocycles. The van der Waals surface area contributed by atoms with Crippen LogP contribution in [0.3, 0.4) is 0 Å². The smallest absolute Gasteiger partial charge is 0.107 e. The quantitative estimate of drug-likeness (QED) is 0.759. The molecule has 1 aromatic carbocycles. The summed E-state index contributed by atoms with van der Waals surface area (Å²) in [6.45, 7) is 4.35. The molecule has 0 atom stereocenters. The van der Waals surface area contributed by atoms with Gasteiger partial charge in [-0.3, -0.25) is 4.68 Å². The summed E-state index contributed by atoms with van der Waals surface area (Å²) in [6.07, 6.45) is 0. The Balaban J connectivity index is 2.58. The molecule has 1 heterocycles. The van der Waals surface area contributed by atoms with Gasteiger partial charge in [-0.15, -0.1) is 0 Å². The number of aromatic nitrogens is 2. The van der Waals surface area contributed by atoms with Gasteiger partial charge in [0.15, 0.2) is 0 Å². The van der Waals surface area contributed by atoms with Gasteiger partial charge in [-0.1, -0.05) is 41.9 Å². The van der Waals surface area contributed by atoms with Crippen molar-refractivity contribution in [2.45, 2.75) is 19.8 Å². The second-order valence-electron chi connectivity index (χ2n) is 4.34. The molecule has 0 spiro atoms. The maximum atomic E-state index is 4.59. The third-order valence-corrected chi connectivity index (χ3v) is 3.95. The number of hydrogen-bond donors (Lipinski definition) is 0. The van der Waals surface area contributed by atoms with Crippen LogP contribution in [0.5, 0.6) is 0 Å². The highest BCUT2D eigenvalue weighted by Crippen LogP contribution is 2.34. The molecule has 90 valence electrons. The Kier molecular flexibility index (Phi) is 3.73. The van der Waals surface area contributed by atoms with Crippen LogP contribution < -0.4 is 0 Å². The van der Waals surface area contributed by atoms with E-state index in [1.54, 1.807) is 0 Å². The number of hydrogen-bond acceptors (Lipinski definition) is 1. The first-order chi connectivity index (χ1) is 8.00. The number of nitrogens with zero attached hydrogens (tertiary/aromatic N) is 2. The van der Waals surface area contributed by atoms with E-state index >= 15 is 0 Å². The van der Waals surface area contributed by atoms with E-state index in [4.69, 9.17) is 0 Å². The van der Waals surface area contributed by atoms with E-state index in [1.165, 1.54) is 5.69 Å². The Morgan fingerprint density at radius 3 is 2.47 bits per heavy atom. The first-order valence-electron chi connectivity index (χ1n) is 5.49. The van der Waals surface area contributed by atoms with Crippen molar-refractivity contribution in [1.82, 2.24) is 9.78 Å². The molecule has 4 heteroatoms. The van der Waals surface area contributed by atoms with Crippen LogP contribution in [0, 0.1) is 0 Å². The fraction of sp³-hybridized carbons (Fsp3) is 0.308. The molecule has 0 fully saturated rings. The molecule has 2 aromatic rings. The van der Waals surface area contributed by atoms with Crippen molar-refractivity contribution < 1.29 is 0 Å². The van der Waals surface area contributed by atoms with Crippen LogP contribution in [-0.2, 0) is 7.05 Å². The third-order valence-electron chi connectivity index (χ3n) is 2.68. The molecule has 0 radical (unpaired) electrons. The summed E-state index contributed by atoms with van der Waals surface area (Å²) >= 11 is 7.15.